The van der Waals surface area contributed by atoms with Gasteiger partial charge in [-0.1, -0.05) is 26.7 Å². The van der Waals surface area contributed by atoms with Crippen molar-refractivity contribution in [2.75, 3.05) is 18.0 Å². The number of hydrogen-bond donors (Lipinski definition) is 1. The number of nitrogens with one attached hydrogen (secondary N) is 1. The predicted octanol–water partition coefficient (Wildman–Crippen LogP) is 3.35. The molecule has 1 unspecified atom stereocenters. The first-order valence-electron chi connectivity index (χ1n) is 7.77. The molecule has 2 rings (SSSR count). The predicted molar refractivity (Wildman–Crippen MR) is 81.5 cm³/mol. The van der Waals surface area contributed by atoms with Gasteiger partial charge >= 0.3 is 0 Å². The first kappa shape index (κ1) is 14.3. The van der Waals surface area contributed by atoms with Crippen molar-refractivity contribution in [2.24, 2.45) is 0 Å². The summed E-state index contributed by atoms with van der Waals surface area (Å²) < 4.78 is 0. The van der Waals surface area contributed by atoms with Crippen molar-refractivity contribution in [3.63, 3.8) is 0 Å². The average Bonchev–Trinajstić information content (AvgIpc) is 2.70. The van der Waals surface area contributed by atoms with Crippen LogP contribution in [0.4, 0.5) is 5.69 Å². The highest BCUT2D eigenvalue weighted by molar-refractivity contribution is 5.47. The third kappa shape index (κ3) is 3.93. The highest BCUT2D eigenvalue weighted by atomic mass is 15.2. The zero-order valence-corrected chi connectivity index (χ0v) is 12.4. The van der Waals surface area contributed by atoms with Crippen LogP contribution in [0.5, 0.6) is 0 Å². The lowest BCUT2D eigenvalue weighted by Gasteiger charge is -2.31. The summed E-state index contributed by atoms with van der Waals surface area (Å²) in [5.41, 5.74) is 2.51. The van der Waals surface area contributed by atoms with Gasteiger partial charge in [-0.25, -0.2) is 0 Å². The van der Waals surface area contributed by atoms with Crippen LogP contribution in [0, 0.1) is 0 Å². The smallest absolute Gasteiger partial charge is 0.0562 e. The fourth-order valence-electron chi connectivity index (χ4n) is 2.94. The van der Waals surface area contributed by atoms with Gasteiger partial charge in [-0.2, -0.15) is 0 Å². The summed E-state index contributed by atoms with van der Waals surface area (Å²) in [6, 6.07) is 5.14. The minimum Gasteiger partial charge on any atom is -0.368 e. The zero-order chi connectivity index (χ0) is 13.5. The van der Waals surface area contributed by atoms with Crippen molar-refractivity contribution in [3.05, 3.63) is 24.0 Å². The highest BCUT2D eigenvalue weighted by Crippen LogP contribution is 2.25. The van der Waals surface area contributed by atoms with Crippen LogP contribution in [0.2, 0.25) is 0 Å². The average molecular weight is 261 g/mol. The summed E-state index contributed by atoms with van der Waals surface area (Å²) in [6.45, 7) is 7.50. The van der Waals surface area contributed by atoms with Crippen LogP contribution in [0.15, 0.2) is 18.3 Å². The number of hydrogen-bond acceptors (Lipinski definition) is 3. The minimum atomic E-state index is 0.705. The molecule has 0 spiro atoms. The van der Waals surface area contributed by atoms with E-state index in [1.165, 1.54) is 44.3 Å². The Bertz CT molecular complexity index is 378. The normalized spacial score (nSPS) is 20.3. The molecular formula is C16H27N3. The van der Waals surface area contributed by atoms with Gasteiger partial charge in [0, 0.05) is 31.0 Å². The summed E-state index contributed by atoms with van der Waals surface area (Å²) in [5, 5.41) is 3.35. The van der Waals surface area contributed by atoms with Gasteiger partial charge in [0.2, 0.25) is 0 Å². The molecule has 0 amide bonds. The van der Waals surface area contributed by atoms with Gasteiger partial charge in [0.15, 0.2) is 0 Å². The Morgan fingerprint density at radius 3 is 3.00 bits per heavy atom. The molecule has 1 saturated heterocycles. The van der Waals surface area contributed by atoms with E-state index in [0.29, 0.717) is 6.04 Å². The van der Waals surface area contributed by atoms with Crippen molar-refractivity contribution in [2.45, 2.75) is 58.5 Å². The van der Waals surface area contributed by atoms with Crippen molar-refractivity contribution in [1.82, 2.24) is 10.3 Å². The van der Waals surface area contributed by atoms with Gasteiger partial charge < -0.3 is 10.2 Å². The Kier molecular flexibility index (Phi) is 5.64. The molecule has 1 aromatic heterocycles. The number of nitrogens with zero attached hydrogens (tertiary/aromatic N) is 2. The van der Waals surface area contributed by atoms with Crippen LogP contribution < -0.4 is 10.2 Å². The van der Waals surface area contributed by atoms with E-state index in [9.17, 15) is 0 Å². The molecule has 1 aliphatic heterocycles. The van der Waals surface area contributed by atoms with E-state index in [-0.39, 0.29) is 0 Å². The fourth-order valence-corrected chi connectivity index (χ4v) is 2.94. The molecule has 3 nitrogen and oxygen atoms in total. The van der Waals surface area contributed by atoms with E-state index >= 15 is 0 Å². The third-order valence-corrected chi connectivity index (χ3v) is 4.04. The second-order valence-electron chi connectivity index (χ2n) is 5.39. The maximum atomic E-state index is 4.46. The molecule has 1 N–H and O–H groups in total. The van der Waals surface area contributed by atoms with Gasteiger partial charge in [0.05, 0.1) is 5.69 Å². The number of pyridine rings is 1. The molecule has 0 radical (unpaired) electrons. The molecule has 1 fully saturated rings. The Balaban J connectivity index is 2.13. The number of rotatable bonds is 5. The standard InChI is InChI=1S/C16H27N3/c1-3-15-8-6-5-7-11-19(15)16-9-10-18-14(12-16)13-17-4-2/h9-10,12,15,17H,3-8,11,13H2,1-2H3. The first-order valence-corrected chi connectivity index (χ1v) is 7.77. The Morgan fingerprint density at radius 2 is 2.21 bits per heavy atom. The summed E-state index contributed by atoms with van der Waals surface area (Å²) in [7, 11) is 0. The van der Waals surface area contributed by atoms with Gasteiger partial charge in [0.1, 0.15) is 0 Å². The second kappa shape index (κ2) is 7.49. The maximum Gasteiger partial charge on any atom is 0.0562 e. The second-order valence-corrected chi connectivity index (χ2v) is 5.39. The molecule has 1 aromatic rings. The SMILES string of the molecule is CCNCc1cc(N2CCCCCC2CC)ccn1. The quantitative estimate of drug-likeness (QED) is 0.881. The largest absolute Gasteiger partial charge is 0.368 e. The molecule has 1 aliphatic rings. The van der Waals surface area contributed by atoms with Crippen LogP contribution >= 0.6 is 0 Å². The molecule has 0 aliphatic carbocycles. The van der Waals surface area contributed by atoms with E-state index in [0.717, 1.165) is 18.8 Å². The van der Waals surface area contributed by atoms with Gasteiger partial charge in [0.25, 0.3) is 0 Å². The molecule has 0 aromatic carbocycles. The van der Waals surface area contributed by atoms with Crippen molar-refractivity contribution in [3.8, 4) is 0 Å². The van der Waals surface area contributed by atoms with Crippen molar-refractivity contribution in [1.29, 1.82) is 0 Å². The molecule has 3 heteroatoms. The Hall–Kier alpha value is -1.09. The number of aromatic nitrogens is 1. The lowest BCUT2D eigenvalue weighted by atomic mass is 10.1. The summed E-state index contributed by atoms with van der Waals surface area (Å²) in [6.07, 6.45) is 8.61. The van der Waals surface area contributed by atoms with E-state index in [1.807, 2.05) is 6.20 Å². The van der Waals surface area contributed by atoms with E-state index in [1.54, 1.807) is 0 Å². The molecule has 2 heterocycles. The highest BCUT2D eigenvalue weighted by Gasteiger charge is 2.19. The molecule has 1 atom stereocenters. The first-order chi connectivity index (χ1) is 9.35. The summed E-state index contributed by atoms with van der Waals surface area (Å²) in [5.74, 6) is 0. The van der Waals surface area contributed by atoms with Crippen LogP contribution in [-0.4, -0.2) is 24.1 Å². The lowest BCUT2D eigenvalue weighted by Crippen LogP contribution is -2.34. The van der Waals surface area contributed by atoms with Crippen LogP contribution in [0.25, 0.3) is 0 Å². The molecule has 0 saturated carbocycles. The van der Waals surface area contributed by atoms with Gasteiger partial charge in [-0.05, 0) is 37.9 Å². The number of anilines is 1. The zero-order valence-electron chi connectivity index (χ0n) is 12.4. The van der Waals surface area contributed by atoms with E-state index < -0.39 is 0 Å². The summed E-state index contributed by atoms with van der Waals surface area (Å²) >= 11 is 0. The summed E-state index contributed by atoms with van der Waals surface area (Å²) in [4.78, 5) is 7.06. The van der Waals surface area contributed by atoms with Crippen LogP contribution in [0.3, 0.4) is 0 Å². The lowest BCUT2D eigenvalue weighted by molar-refractivity contribution is 0.555. The Morgan fingerprint density at radius 1 is 1.32 bits per heavy atom. The topological polar surface area (TPSA) is 28.2 Å². The monoisotopic (exact) mass is 261 g/mol. The molecular weight excluding hydrogens is 234 g/mol. The van der Waals surface area contributed by atoms with Gasteiger partial charge in [-0.3, -0.25) is 4.98 Å². The molecule has 0 bridgehead atoms. The maximum absolute atomic E-state index is 4.46. The van der Waals surface area contributed by atoms with Crippen molar-refractivity contribution < 1.29 is 0 Å². The molecule has 106 valence electrons. The van der Waals surface area contributed by atoms with Crippen LogP contribution in [0.1, 0.15) is 51.6 Å². The van der Waals surface area contributed by atoms with Gasteiger partial charge in [-0.15, -0.1) is 0 Å². The van der Waals surface area contributed by atoms with E-state index in [2.05, 4.69) is 41.2 Å². The van der Waals surface area contributed by atoms with Crippen molar-refractivity contribution >= 4 is 5.69 Å². The third-order valence-electron chi connectivity index (χ3n) is 4.04. The molecule has 19 heavy (non-hydrogen) atoms. The minimum absolute atomic E-state index is 0.705. The fraction of sp³-hybridized carbons (Fsp3) is 0.688. The van der Waals surface area contributed by atoms with E-state index in [4.69, 9.17) is 0 Å². The van der Waals surface area contributed by atoms with Crippen LogP contribution in [-0.2, 0) is 6.54 Å². The Labute approximate surface area is 117 Å².